The summed E-state index contributed by atoms with van der Waals surface area (Å²) in [4.78, 5) is 8.81. The second-order valence-corrected chi connectivity index (χ2v) is 9.60. The summed E-state index contributed by atoms with van der Waals surface area (Å²) >= 11 is 7.77. The number of aromatic nitrogens is 3. The van der Waals surface area contributed by atoms with Crippen molar-refractivity contribution in [2.24, 2.45) is 0 Å². The van der Waals surface area contributed by atoms with Crippen LogP contribution in [0.15, 0.2) is 66.1 Å². The van der Waals surface area contributed by atoms with Crippen molar-refractivity contribution in [1.82, 2.24) is 14.5 Å². The van der Waals surface area contributed by atoms with E-state index < -0.39 is 0 Å². The third kappa shape index (κ3) is 4.42. The summed E-state index contributed by atoms with van der Waals surface area (Å²) in [6.07, 6.45) is 5.72. The highest BCUT2D eigenvalue weighted by molar-refractivity contribution is 7.98. The van der Waals surface area contributed by atoms with E-state index in [1.54, 1.807) is 24.4 Å². The lowest BCUT2D eigenvalue weighted by atomic mass is 9.83. The van der Waals surface area contributed by atoms with Crippen LogP contribution in [-0.4, -0.2) is 14.5 Å². The molecule has 0 spiro atoms. The van der Waals surface area contributed by atoms with Gasteiger partial charge < -0.3 is 0 Å². The van der Waals surface area contributed by atoms with Gasteiger partial charge in [0.15, 0.2) is 5.16 Å². The van der Waals surface area contributed by atoms with Gasteiger partial charge in [0.05, 0.1) is 17.6 Å². The standard InChI is InChI=1S/C26H22ClF2N3S/c1-16-13-17(5-10-22(16)27)21-3-2-4-24-25(21)32(20-8-6-19(28)7-9-20)26(31-24)33-15-18-11-12-30-14-23(18)29/h5-14,21H,2-4,15H2,1H3. The average Bonchev–Trinajstić information content (AvgIpc) is 3.19. The highest BCUT2D eigenvalue weighted by Gasteiger charge is 2.30. The summed E-state index contributed by atoms with van der Waals surface area (Å²) in [6, 6.07) is 14.3. The molecule has 0 saturated carbocycles. The maximum atomic E-state index is 14.2. The molecule has 5 rings (SSSR count). The molecular formula is C26H22ClF2N3S. The average molecular weight is 482 g/mol. The summed E-state index contributed by atoms with van der Waals surface area (Å²) in [5.41, 5.74) is 5.81. The third-order valence-corrected chi connectivity index (χ3v) is 7.49. The minimum absolute atomic E-state index is 0.147. The van der Waals surface area contributed by atoms with Crippen LogP contribution in [0, 0.1) is 18.6 Å². The Morgan fingerprint density at radius 2 is 1.94 bits per heavy atom. The number of thioether (sulfide) groups is 1. The fraction of sp³-hybridized carbons (Fsp3) is 0.231. The van der Waals surface area contributed by atoms with Gasteiger partial charge in [0, 0.05) is 34.1 Å². The maximum Gasteiger partial charge on any atom is 0.173 e. The van der Waals surface area contributed by atoms with Crippen molar-refractivity contribution in [1.29, 1.82) is 0 Å². The molecule has 0 radical (unpaired) electrons. The Labute approximate surface area is 200 Å². The Bertz CT molecular complexity index is 1300. The van der Waals surface area contributed by atoms with Crippen LogP contribution in [0.2, 0.25) is 5.02 Å². The Balaban J connectivity index is 1.61. The van der Waals surface area contributed by atoms with Crippen molar-refractivity contribution in [3.8, 4) is 5.69 Å². The Hall–Kier alpha value is -2.70. The first-order valence-corrected chi connectivity index (χ1v) is 12.2. The van der Waals surface area contributed by atoms with Gasteiger partial charge >= 0.3 is 0 Å². The molecule has 1 aliphatic carbocycles. The van der Waals surface area contributed by atoms with Gasteiger partial charge in [0.2, 0.25) is 0 Å². The van der Waals surface area contributed by atoms with Crippen molar-refractivity contribution in [3.05, 3.63) is 106 Å². The number of pyridine rings is 1. The van der Waals surface area contributed by atoms with Crippen molar-refractivity contribution in [2.45, 2.75) is 43.0 Å². The van der Waals surface area contributed by atoms with Crippen LogP contribution in [0.4, 0.5) is 8.78 Å². The van der Waals surface area contributed by atoms with E-state index in [1.165, 1.54) is 35.7 Å². The van der Waals surface area contributed by atoms with E-state index in [0.29, 0.717) is 11.3 Å². The molecule has 0 bridgehead atoms. The number of hydrogen-bond acceptors (Lipinski definition) is 3. The molecule has 3 nitrogen and oxygen atoms in total. The minimum Gasteiger partial charge on any atom is -0.291 e. The second-order valence-electron chi connectivity index (χ2n) is 8.25. The number of fused-ring (bicyclic) bond motifs is 1. The predicted octanol–water partition coefficient (Wildman–Crippen LogP) is 7.27. The predicted molar refractivity (Wildman–Crippen MR) is 128 cm³/mol. The van der Waals surface area contributed by atoms with Gasteiger partial charge in [0.25, 0.3) is 0 Å². The van der Waals surface area contributed by atoms with Crippen LogP contribution < -0.4 is 0 Å². The van der Waals surface area contributed by atoms with Crippen LogP contribution in [-0.2, 0) is 12.2 Å². The summed E-state index contributed by atoms with van der Waals surface area (Å²) in [5.74, 6) is -0.0417. The van der Waals surface area contributed by atoms with Crippen LogP contribution in [0.3, 0.4) is 0 Å². The van der Waals surface area contributed by atoms with E-state index in [4.69, 9.17) is 16.6 Å². The van der Waals surface area contributed by atoms with Gasteiger partial charge in [-0.3, -0.25) is 9.55 Å². The van der Waals surface area contributed by atoms with Crippen molar-refractivity contribution in [2.75, 3.05) is 0 Å². The first kappa shape index (κ1) is 22.1. The summed E-state index contributed by atoms with van der Waals surface area (Å²) in [7, 11) is 0. The van der Waals surface area contributed by atoms with E-state index in [1.807, 2.05) is 13.0 Å². The second kappa shape index (κ2) is 9.27. The first-order valence-electron chi connectivity index (χ1n) is 10.9. The molecule has 2 aromatic carbocycles. The molecule has 0 fully saturated rings. The number of imidazole rings is 1. The number of aryl methyl sites for hydroxylation is 2. The van der Waals surface area contributed by atoms with Crippen molar-refractivity contribution < 1.29 is 8.78 Å². The highest BCUT2D eigenvalue weighted by atomic mass is 35.5. The molecule has 1 aliphatic rings. The Morgan fingerprint density at radius 1 is 1.12 bits per heavy atom. The Morgan fingerprint density at radius 3 is 2.70 bits per heavy atom. The lowest BCUT2D eigenvalue weighted by molar-refractivity contribution is 0.586. The minimum atomic E-state index is -0.329. The molecule has 0 aliphatic heterocycles. The Kier molecular flexibility index (Phi) is 6.21. The number of nitrogens with zero attached hydrogens (tertiary/aromatic N) is 3. The van der Waals surface area contributed by atoms with E-state index in [0.717, 1.165) is 52.1 Å². The van der Waals surface area contributed by atoms with Crippen LogP contribution in [0.5, 0.6) is 0 Å². The summed E-state index contributed by atoms with van der Waals surface area (Å²) in [5, 5.41) is 1.53. The number of halogens is 3. The topological polar surface area (TPSA) is 30.7 Å². The molecule has 2 heterocycles. The van der Waals surface area contributed by atoms with E-state index in [9.17, 15) is 8.78 Å². The van der Waals surface area contributed by atoms with Crippen molar-refractivity contribution >= 4 is 23.4 Å². The van der Waals surface area contributed by atoms with Crippen LogP contribution >= 0.6 is 23.4 Å². The molecule has 168 valence electrons. The normalized spacial score (nSPS) is 15.5. The summed E-state index contributed by atoms with van der Waals surface area (Å²) < 4.78 is 30.0. The molecular weight excluding hydrogens is 460 g/mol. The first-order chi connectivity index (χ1) is 16.0. The smallest absolute Gasteiger partial charge is 0.173 e. The fourth-order valence-corrected chi connectivity index (χ4v) is 5.56. The fourth-order valence-electron chi connectivity index (χ4n) is 4.42. The number of hydrogen-bond donors (Lipinski definition) is 0. The van der Waals surface area contributed by atoms with Gasteiger partial charge in [-0.05, 0) is 73.7 Å². The quantitative estimate of drug-likeness (QED) is 0.281. The zero-order valence-electron chi connectivity index (χ0n) is 18.1. The SMILES string of the molecule is Cc1cc(C2CCCc3nc(SCc4ccncc4F)n(-c4ccc(F)cc4)c32)ccc1Cl. The zero-order valence-corrected chi connectivity index (χ0v) is 19.6. The van der Waals surface area contributed by atoms with E-state index in [2.05, 4.69) is 21.7 Å². The van der Waals surface area contributed by atoms with Crippen molar-refractivity contribution in [3.63, 3.8) is 0 Å². The molecule has 1 atom stereocenters. The van der Waals surface area contributed by atoms with Gasteiger partial charge in [0.1, 0.15) is 11.6 Å². The molecule has 7 heteroatoms. The van der Waals surface area contributed by atoms with Crippen LogP contribution in [0.1, 0.15) is 46.8 Å². The van der Waals surface area contributed by atoms with Gasteiger partial charge in [-0.2, -0.15) is 0 Å². The third-order valence-electron chi connectivity index (χ3n) is 6.08. The van der Waals surface area contributed by atoms with Gasteiger partial charge in [-0.25, -0.2) is 13.8 Å². The highest BCUT2D eigenvalue weighted by Crippen LogP contribution is 2.41. The molecule has 0 saturated heterocycles. The lowest BCUT2D eigenvalue weighted by Crippen LogP contribution is -2.15. The molecule has 1 unspecified atom stereocenters. The monoisotopic (exact) mass is 481 g/mol. The van der Waals surface area contributed by atoms with E-state index >= 15 is 0 Å². The maximum absolute atomic E-state index is 14.2. The summed E-state index contributed by atoms with van der Waals surface area (Å²) in [6.45, 7) is 2.01. The molecule has 0 N–H and O–H groups in total. The largest absolute Gasteiger partial charge is 0.291 e. The molecule has 33 heavy (non-hydrogen) atoms. The molecule has 2 aromatic heterocycles. The van der Waals surface area contributed by atoms with Gasteiger partial charge in [-0.15, -0.1) is 0 Å². The number of benzene rings is 2. The lowest BCUT2D eigenvalue weighted by Gasteiger charge is -2.25. The number of rotatable bonds is 5. The van der Waals surface area contributed by atoms with Gasteiger partial charge in [-0.1, -0.05) is 35.5 Å². The van der Waals surface area contributed by atoms with E-state index in [-0.39, 0.29) is 17.6 Å². The zero-order chi connectivity index (χ0) is 22.9. The molecule has 4 aromatic rings. The molecule has 0 amide bonds. The van der Waals surface area contributed by atoms with Crippen LogP contribution in [0.25, 0.3) is 5.69 Å².